The van der Waals surface area contributed by atoms with Crippen LogP contribution in [-0.4, -0.2) is 22.7 Å². The van der Waals surface area contributed by atoms with E-state index in [2.05, 4.69) is 5.10 Å². The van der Waals surface area contributed by atoms with E-state index in [0.717, 1.165) is 0 Å². The lowest BCUT2D eigenvalue weighted by Gasteiger charge is -2.16. The van der Waals surface area contributed by atoms with Crippen LogP contribution in [0.1, 0.15) is 15.9 Å². The van der Waals surface area contributed by atoms with Crippen molar-refractivity contribution in [1.82, 2.24) is 9.78 Å². The second-order valence-corrected chi connectivity index (χ2v) is 4.09. The van der Waals surface area contributed by atoms with Crippen molar-refractivity contribution < 1.29 is 4.79 Å². The van der Waals surface area contributed by atoms with Gasteiger partial charge in [-0.05, 0) is 24.3 Å². The van der Waals surface area contributed by atoms with Crippen LogP contribution in [0.25, 0.3) is 0 Å². The molecule has 0 aliphatic heterocycles. The highest BCUT2D eigenvalue weighted by Crippen LogP contribution is 2.18. The lowest BCUT2D eigenvalue weighted by molar-refractivity contribution is 0.0994. The van der Waals surface area contributed by atoms with Crippen LogP contribution in [0.15, 0.2) is 30.5 Å². The molecule has 0 spiro atoms. The molecule has 0 unspecified atom stereocenters. The van der Waals surface area contributed by atoms with Gasteiger partial charge in [-0.15, -0.1) is 0 Å². The standard InChI is InChI=1S/C13H13N5O/c1-17(10-5-3-9(7-14)4-6-10)13(19)11-8-16-18(2)12(11)15/h3-6,8H,15H2,1-2H3. The lowest BCUT2D eigenvalue weighted by atomic mass is 10.2. The molecule has 96 valence electrons. The number of nitrogen functional groups attached to an aromatic ring is 1. The van der Waals surface area contributed by atoms with Crippen LogP contribution in [-0.2, 0) is 7.05 Å². The van der Waals surface area contributed by atoms with E-state index in [9.17, 15) is 4.79 Å². The second kappa shape index (κ2) is 4.82. The first-order valence-corrected chi connectivity index (χ1v) is 5.60. The normalized spacial score (nSPS) is 9.95. The molecule has 1 amide bonds. The summed E-state index contributed by atoms with van der Waals surface area (Å²) in [5.74, 6) is 0.0841. The van der Waals surface area contributed by atoms with E-state index in [1.54, 1.807) is 38.4 Å². The zero-order valence-electron chi connectivity index (χ0n) is 10.7. The van der Waals surface area contributed by atoms with Crippen molar-refractivity contribution >= 4 is 17.4 Å². The van der Waals surface area contributed by atoms with Crippen molar-refractivity contribution in [2.75, 3.05) is 17.7 Å². The summed E-state index contributed by atoms with van der Waals surface area (Å²) >= 11 is 0. The number of rotatable bonds is 2. The van der Waals surface area contributed by atoms with Crippen LogP contribution < -0.4 is 10.6 Å². The molecular formula is C13H13N5O. The van der Waals surface area contributed by atoms with Gasteiger partial charge in [0.15, 0.2) is 0 Å². The Morgan fingerprint density at radius 2 is 2.05 bits per heavy atom. The SMILES string of the molecule is CN(C(=O)c1cnn(C)c1N)c1ccc(C#N)cc1. The average Bonchev–Trinajstić information content (AvgIpc) is 2.77. The molecule has 2 aromatic rings. The predicted octanol–water partition coefficient (Wildman–Crippen LogP) is 1.15. The van der Waals surface area contributed by atoms with Crippen molar-refractivity contribution in [3.63, 3.8) is 0 Å². The molecule has 0 radical (unpaired) electrons. The van der Waals surface area contributed by atoms with Gasteiger partial charge in [0.2, 0.25) is 0 Å². The average molecular weight is 255 g/mol. The Balaban J connectivity index is 2.28. The summed E-state index contributed by atoms with van der Waals surface area (Å²) in [6.45, 7) is 0. The highest BCUT2D eigenvalue weighted by molar-refractivity contribution is 6.08. The van der Waals surface area contributed by atoms with Gasteiger partial charge < -0.3 is 10.6 Å². The Hall–Kier alpha value is -2.81. The minimum absolute atomic E-state index is 0.240. The predicted molar refractivity (Wildman–Crippen MR) is 71.5 cm³/mol. The van der Waals surface area contributed by atoms with Gasteiger partial charge in [-0.3, -0.25) is 9.48 Å². The van der Waals surface area contributed by atoms with Crippen molar-refractivity contribution in [3.8, 4) is 6.07 Å². The van der Waals surface area contributed by atoms with Gasteiger partial charge in [-0.1, -0.05) is 0 Å². The number of carbonyl (C=O) groups is 1. The molecule has 0 aliphatic carbocycles. The van der Waals surface area contributed by atoms with Crippen LogP contribution >= 0.6 is 0 Å². The number of anilines is 2. The van der Waals surface area contributed by atoms with E-state index in [4.69, 9.17) is 11.0 Å². The topological polar surface area (TPSA) is 87.9 Å². The molecule has 19 heavy (non-hydrogen) atoms. The number of nitriles is 1. The Bertz CT molecular complexity index is 651. The van der Waals surface area contributed by atoms with Gasteiger partial charge >= 0.3 is 0 Å². The number of nitrogens with zero attached hydrogens (tertiary/aromatic N) is 4. The Labute approximate surface area is 110 Å². The van der Waals surface area contributed by atoms with E-state index in [1.165, 1.54) is 15.8 Å². The summed E-state index contributed by atoms with van der Waals surface area (Å²) in [6, 6.07) is 8.77. The number of carbonyl (C=O) groups excluding carboxylic acids is 1. The molecule has 0 saturated carbocycles. The third kappa shape index (κ3) is 2.26. The summed E-state index contributed by atoms with van der Waals surface area (Å²) in [4.78, 5) is 13.7. The summed E-state index contributed by atoms with van der Waals surface area (Å²) < 4.78 is 1.44. The van der Waals surface area contributed by atoms with E-state index < -0.39 is 0 Å². The number of hydrogen-bond acceptors (Lipinski definition) is 4. The van der Waals surface area contributed by atoms with Gasteiger partial charge in [0.25, 0.3) is 5.91 Å². The molecular weight excluding hydrogens is 242 g/mol. The zero-order valence-corrected chi connectivity index (χ0v) is 10.7. The summed E-state index contributed by atoms with van der Waals surface area (Å²) in [5, 5.41) is 12.7. The molecule has 1 heterocycles. The van der Waals surface area contributed by atoms with E-state index in [-0.39, 0.29) is 5.91 Å². The Morgan fingerprint density at radius 3 is 2.53 bits per heavy atom. The Morgan fingerprint density at radius 1 is 1.42 bits per heavy atom. The maximum atomic E-state index is 12.3. The molecule has 0 atom stereocenters. The highest BCUT2D eigenvalue weighted by atomic mass is 16.2. The number of benzene rings is 1. The number of aryl methyl sites for hydroxylation is 1. The summed E-state index contributed by atoms with van der Waals surface area (Å²) in [7, 11) is 3.32. The lowest BCUT2D eigenvalue weighted by Crippen LogP contribution is -2.26. The first kappa shape index (κ1) is 12.6. The van der Waals surface area contributed by atoms with Crippen LogP contribution in [0.5, 0.6) is 0 Å². The van der Waals surface area contributed by atoms with Crippen molar-refractivity contribution in [2.45, 2.75) is 0 Å². The molecule has 0 aliphatic rings. The van der Waals surface area contributed by atoms with Crippen LogP contribution in [0.2, 0.25) is 0 Å². The molecule has 0 saturated heterocycles. The maximum Gasteiger partial charge on any atom is 0.263 e. The molecule has 1 aromatic carbocycles. The molecule has 0 fully saturated rings. The molecule has 2 N–H and O–H groups in total. The number of nitrogens with two attached hydrogens (primary N) is 1. The molecule has 6 heteroatoms. The molecule has 2 rings (SSSR count). The van der Waals surface area contributed by atoms with Gasteiger partial charge in [0.05, 0.1) is 17.8 Å². The zero-order chi connectivity index (χ0) is 14.0. The minimum Gasteiger partial charge on any atom is -0.383 e. The van der Waals surface area contributed by atoms with E-state index >= 15 is 0 Å². The number of aromatic nitrogens is 2. The van der Waals surface area contributed by atoms with E-state index in [0.29, 0.717) is 22.6 Å². The third-order valence-corrected chi connectivity index (χ3v) is 2.90. The third-order valence-electron chi connectivity index (χ3n) is 2.90. The largest absolute Gasteiger partial charge is 0.383 e. The monoisotopic (exact) mass is 255 g/mol. The van der Waals surface area contributed by atoms with Crippen molar-refractivity contribution in [1.29, 1.82) is 5.26 Å². The van der Waals surface area contributed by atoms with Crippen LogP contribution in [0, 0.1) is 11.3 Å². The molecule has 0 bridgehead atoms. The van der Waals surface area contributed by atoms with Gasteiger partial charge in [0.1, 0.15) is 11.4 Å². The molecule has 6 nitrogen and oxygen atoms in total. The van der Waals surface area contributed by atoms with E-state index in [1.807, 2.05) is 6.07 Å². The van der Waals surface area contributed by atoms with Crippen LogP contribution in [0.3, 0.4) is 0 Å². The highest BCUT2D eigenvalue weighted by Gasteiger charge is 2.18. The van der Waals surface area contributed by atoms with Gasteiger partial charge in [-0.25, -0.2) is 0 Å². The number of hydrogen-bond donors (Lipinski definition) is 1. The van der Waals surface area contributed by atoms with Crippen molar-refractivity contribution in [2.24, 2.45) is 7.05 Å². The fourth-order valence-electron chi connectivity index (χ4n) is 1.67. The quantitative estimate of drug-likeness (QED) is 0.871. The maximum absolute atomic E-state index is 12.3. The van der Waals surface area contributed by atoms with Gasteiger partial charge in [-0.2, -0.15) is 10.4 Å². The molecule has 1 aromatic heterocycles. The van der Waals surface area contributed by atoms with Crippen LogP contribution in [0.4, 0.5) is 11.5 Å². The van der Waals surface area contributed by atoms with Gasteiger partial charge in [0, 0.05) is 19.8 Å². The second-order valence-electron chi connectivity index (χ2n) is 4.09. The van der Waals surface area contributed by atoms with Crippen molar-refractivity contribution in [3.05, 3.63) is 41.6 Å². The first-order chi connectivity index (χ1) is 9.04. The Kier molecular flexibility index (Phi) is 3.21. The number of amides is 1. The summed E-state index contributed by atoms with van der Waals surface area (Å²) in [6.07, 6.45) is 1.44. The smallest absolute Gasteiger partial charge is 0.263 e. The first-order valence-electron chi connectivity index (χ1n) is 5.60. The fraction of sp³-hybridized carbons (Fsp3) is 0.154. The minimum atomic E-state index is -0.240. The summed E-state index contributed by atoms with van der Waals surface area (Å²) in [5.41, 5.74) is 7.36. The fourth-order valence-corrected chi connectivity index (χ4v) is 1.67.